The molecule has 3 heteroatoms. The van der Waals surface area contributed by atoms with Gasteiger partial charge in [0.1, 0.15) is 6.42 Å². The van der Waals surface area contributed by atoms with Gasteiger partial charge in [-0.25, -0.2) is 0 Å². The van der Waals surface area contributed by atoms with Crippen molar-refractivity contribution >= 4 is 18.6 Å². The number of ether oxygens (including phenoxy) is 1. The fraction of sp³-hybridized carbons (Fsp3) is 0.250. The summed E-state index contributed by atoms with van der Waals surface area (Å²) >= 11 is 4.16. The molecule has 0 atom stereocenters. The topological polar surface area (TPSA) is 26.3 Å². The van der Waals surface area contributed by atoms with Gasteiger partial charge >= 0.3 is 5.97 Å². The summed E-state index contributed by atoms with van der Waals surface area (Å²) in [5.41, 5.74) is 0.872. The van der Waals surface area contributed by atoms with Crippen LogP contribution in [0.4, 0.5) is 0 Å². The second kappa shape index (κ2) is 6.15. The Morgan fingerprint density at radius 3 is 2.67 bits per heavy atom. The van der Waals surface area contributed by atoms with Gasteiger partial charge in [-0.1, -0.05) is 11.8 Å². The van der Waals surface area contributed by atoms with E-state index in [0.717, 1.165) is 10.5 Å². The van der Waals surface area contributed by atoms with Gasteiger partial charge in [-0.15, -0.1) is 12.6 Å². The molecule has 0 aliphatic rings. The van der Waals surface area contributed by atoms with Crippen LogP contribution in [0.2, 0.25) is 0 Å². The Labute approximate surface area is 95.1 Å². The molecule has 0 heterocycles. The third-order valence-electron chi connectivity index (χ3n) is 1.64. The molecule has 1 aromatic carbocycles. The van der Waals surface area contributed by atoms with Crippen molar-refractivity contribution in [1.29, 1.82) is 0 Å². The van der Waals surface area contributed by atoms with Crippen LogP contribution < -0.4 is 0 Å². The average Bonchev–Trinajstić information content (AvgIpc) is 2.21. The van der Waals surface area contributed by atoms with Crippen molar-refractivity contribution in [2.75, 3.05) is 6.61 Å². The molecule has 0 fully saturated rings. The Balaban J connectivity index is 2.51. The third kappa shape index (κ3) is 4.57. The van der Waals surface area contributed by atoms with Crippen LogP contribution in [0.1, 0.15) is 18.9 Å². The summed E-state index contributed by atoms with van der Waals surface area (Å²) in [6, 6.07) is 7.44. The second-order valence-electron chi connectivity index (χ2n) is 2.83. The maximum Gasteiger partial charge on any atom is 0.317 e. The predicted octanol–water partition coefficient (Wildman–Crippen LogP) is 2.28. The van der Waals surface area contributed by atoms with E-state index in [1.807, 2.05) is 24.3 Å². The number of benzene rings is 1. The van der Waals surface area contributed by atoms with Crippen LogP contribution in [0.15, 0.2) is 29.2 Å². The fourth-order valence-electron chi connectivity index (χ4n) is 0.975. The Morgan fingerprint density at radius 1 is 1.40 bits per heavy atom. The van der Waals surface area contributed by atoms with Crippen molar-refractivity contribution in [2.45, 2.75) is 18.2 Å². The minimum Gasteiger partial charge on any atom is -0.465 e. The molecule has 1 rings (SSSR count). The van der Waals surface area contributed by atoms with E-state index in [4.69, 9.17) is 4.74 Å². The van der Waals surface area contributed by atoms with Crippen LogP contribution in [-0.4, -0.2) is 12.6 Å². The van der Waals surface area contributed by atoms with Crippen LogP contribution in [-0.2, 0) is 9.53 Å². The van der Waals surface area contributed by atoms with Crippen molar-refractivity contribution in [3.63, 3.8) is 0 Å². The van der Waals surface area contributed by atoms with Crippen LogP contribution in [0.5, 0.6) is 0 Å². The molecular weight excluding hydrogens is 208 g/mol. The van der Waals surface area contributed by atoms with E-state index >= 15 is 0 Å². The van der Waals surface area contributed by atoms with E-state index in [9.17, 15) is 4.79 Å². The first-order valence-electron chi connectivity index (χ1n) is 4.66. The minimum absolute atomic E-state index is 0.135. The average molecular weight is 220 g/mol. The molecule has 0 aromatic heterocycles. The Morgan fingerprint density at radius 2 is 2.07 bits per heavy atom. The van der Waals surface area contributed by atoms with Crippen LogP contribution in [0.3, 0.4) is 0 Å². The third-order valence-corrected chi connectivity index (χ3v) is 1.94. The molecule has 0 aliphatic carbocycles. The van der Waals surface area contributed by atoms with Gasteiger partial charge < -0.3 is 4.74 Å². The molecule has 0 spiro atoms. The zero-order valence-corrected chi connectivity index (χ0v) is 9.38. The zero-order chi connectivity index (χ0) is 11.1. The maximum atomic E-state index is 11.0. The molecule has 0 saturated carbocycles. The van der Waals surface area contributed by atoms with Gasteiger partial charge in [-0.05, 0) is 31.2 Å². The van der Waals surface area contributed by atoms with Gasteiger partial charge in [-0.3, -0.25) is 4.79 Å². The molecule has 2 nitrogen and oxygen atoms in total. The minimum atomic E-state index is -0.282. The standard InChI is InChI=1S/C12H12O2S/c1-2-14-12(13)5-3-4-10-6-8-11(15)9-7-10/h6-9,15H,2,5H2,1H3. The Kier molecular flexibility index (Phi) is 4.79. The highest BCUT2D eigenvalue weighted by molar-refractivity contribution is 7.80. The molecule has 0 amide bonds. The van der Waals surface area contributed by atoms with Gasteiger partial charge in [-0.2, -0.15) is 0 Å². The summed E-state index contributed by atoms with van der Waals surface area (Å²) in [5.74, 6) is 5.35. The first kappa shape index (κ1) is 11.7. The highest BCUT2D eigenvalue weighted by Crippen LogP contribution is 2.06. The van der Waals surface area contributed by atoms with Crippen LogP contribution in [0.25, 0.3) is 0 Å². The van der Waals surface area contributed by atoms with Crippen LogP contribution >= 0.6 is 12.6 Å². The predicted molar refractivity (Wildman–Crippen MR) is 61.8 cm³/mol. The number of hydrogen-bond acceptors (Lipinski definition) is 3. The van der Waals surface area contributed by atoms with Gasteiger partial charge in [0.15, 0.2) is 0 Å². The van der Waals surface area contributed by atoms with Crippen LogP contribution in [0, 0.1) is 11.8 Å². The highest BCUT2D eigenvalue weighted by Gasteiger charge is 1.95. The molecule has 0 aliphatic heterocycles. The molecule has 1 aromatic rings. The molecule has 78 valence electrons. The van der Waals surface area contributed by atoms with E-state index in [1.165, 1.54) is 0 Å². The number of carbonyl (C=O) groups is 1. The SMILES string of the molecule is CCOC(=O)CC#Cc1ccc(S)cc1. The van der Waals surface area contributed by atoms with E-state index in [1.54, 1.807) is 6.92 Å². The fourth-order valence-corrected chi connectivity index (χ4v) is 1.12. The summed E-state index contributed by atoms with van der Waals surface area (Å²) in [7, 11) is 0. The van der Waals surface area contributed by atoms with Gasteiger partial charge in [0.2, 0.25) is 0 Å². The summed E-state index contributed by atoms with van der Waals surface area (Å²) in [4.78, 5) is 11.8. The lowest BCUT2D eigenvalue weighted by Gasteiger charge is -1.95. The van der Waals surface area contributed by atoms with E-state index < -0.39 is 0 Å². The molecular formula is C12H12O2S. The van der Waals surface area contributed by atoms with Crippen molar-refractivity contribution in [2.24, 2.45) is 0 Å². The number of hydrogen-bond donors (Lipinski definition) is 1. The van der Waals surface area contributed by atoms with Gasteiger partial charge in [0.25, 0.3) is 0 Å². The number of rotatable bonds is 2. The zero-order valence-electron chi connectivity index (χ0n) is 8.49. The number of carbonyl (C=O) groups excluding carboxylic acids is 1. The second-order valence-corrected chi connectivity index (χ2v) is 3.35. The molecule has 0 N–H and O–H groups in total. The number of esters is 1. The van der Waals surface area contributed by atoms with Crippen molar-refractivity contribution in [3.05, 3.63) is 29.8 Å². The lowest BCUT2D eigenvalue weighted by Crippen LogP contribution is -2.01. The monoisotopic (exact) mass is 220 g/mol. The lowest BCUT2D eigenvalue weighted by molar-refractivity contribution is -0.141. The van der Waals surface area contributed by atoms with Crippen molar-refractivity contribution in [1.82, 2.24) is 0 Å². The summed E-state index contributed by atoms with van der Waals surface area (Å²) in [6.07, 6.45) is 0.135. The van der Waals surface area contributed by atoms with Crippen molar-refractivity contribution < 1.29 is 9.53 Å². The smallest absolute Gasteiger partial charge is 0.317 e. The van der Waals surface area contributed by atoms with E-state index in [0.29, 0.717) is 6.61 Å². The molecule has 0 saturated heterocycles. The Bertz CT molecular complexity index is 384. The number of thiol groups is 1. The molecule has 15 heavy (non-hydrogen) atoms. The van der Waals surface area contributed by atoms with E-state index in [-0.39, 0.29) is 12.4 Å². The van der Waals surface area contributed by atoms with Gasteiger partial charge in [0, 0.05) is 10.5 Å². The summed E-state index contributed by atoms with van der Waals surface area (Å²) in [5, 5.41) is 0. The van der Waals surface area contributed by atoms with E-state index in [2.05, 4.69) is 24.5 Å². The maximum absolute atomic E-state index is 11.0. The van der Waals surface area contributed by atoms with Gasteiger partial charge in [0.05, 0.1) is 6.61 Å². The normalized spacial score (nSPS) is 8.93. The summed E-state index contributed by atoms with van der Waals surface area (Å²) < 4.78 is 4.75. The molecule has 0 unspecified atom stereocenters. The largest absolute Gasteiger partial charge is 0.465 e. The highest BCUT2D eigenvalue weighted by atomic mass is 32.1. The molecule has 0 bridgehead atoms. The van der Waals surface area contributed by atoms with Crippen molar-refractivity contribution in [3.8, 4) is 11.8 Å². The Hall–Kier alpha value is -1.40. The first-order chi connectivity index (χ1) is 7.22. The quantitative estimate of drug-likeness (QED) is 0.470. The molecule has 0 radical (unpaired) electrons. The summed E-state index contributed by atoms with van der Waals surface area (Å²) in [6.45, 7) is 2.17. The first-order valence-corrected chi connectivity index (χ1v) is 5.10. The lowest BCUT2D eigenvalue weighted by atomic mass is 10.2.